The molecule has 0 bridgehead atoms. The van der Waals surface area contributed by atoms with Gasteiger partial charge in [-0.1, -0.05) is 5.21 Å². The van der Waals surface area contributed by atoms with Gasteiger partial charge < -0.3 is 9.47 Å². The van der Waals surface area contributed by atoms with Crippen LogP contribution in [-0.2, 0) is 0 Å². The van der Waals surface area contributed by atoms with Crippen LogP contribution in [0.2, 0.25) is 0 Å². The number of hydrogen-bond donors (Lipinski definition) is 0. The van der Waals surface area contributed by atoms with Gasteiger partial charge in [0, 0.05) is 24.1 Å². The number of Topliss-reactive ketones (excluding diaryl/α,β-unsaturated/α-hetero) is 1. The summed E-state index contributed by atoms with van der Waals surface area (Å²) in [5, 5.41) is 8.99. The van der Waals surface area contributed by atoms with Crippen LogP contribution in [-0.4, -0.2) is 32.6 Å². The highest BCUT2D eigenvalue weighted by Crippen LogP contribution is 2.37. The third kappa shape index (κ3) is 2.04. The van der Waals surface area contributed by atoms with Gasteiger partial charge in [-0.15, -0.1) is 5.10 Å². The van der Waals surface area contributed by atoms with E-state index in [-0.39, 0.29) is 12.6 Å². The van der Waals surface area contributed by atoms with Crippen LogP contribution >= 0.6 is 0 Å². The van der Waals surface area contributed by atoms with E-state index in [4.69, 9.17) is 9.47 Å². The van der Waals surface area contributed by atoms with Crippen LogP contribution in [0.5, 0.6) is 11.5 Å². The highest BCUT2D eigenvalue weighted by Gasteiger charge is 2.20. The van der Waals surface area contributed by atoms with Crippen molar-refractivity contribution in [2.24, 2.45) is 0 Å². The molecule has 1 aliphatic rings. The van der Waals surface area contributed by atoms with E-state index in [9.17, 15) is 4.79 Å². The van der Waals surface area contributed by atoms with Crippen molar-refractivity contribution >= 4 is 16.7 Å². The van der Waals surface area contributed by atoms with Crippen LogP contribution < -0.4 is 9.47 Å². The van der Waals surface area contributed by atoms with E-state index in [0.717, 1.165) is 22.3 Å². The van der Waals surface area contributed by atoms with Crippen LogP contribution in [0.1, 0.15) is 28.8 Å². The van der Waals surface area contributed by atoms with E-state index in [1.807, 2.05) is 32.0 Å². The number of pyridine rings is 1. The highest BCUT2D eigenvalue weighted by atomic mass is 16.7. The number of ketones is 1. The van der Waals surface area contributed by atoms with Gasteiger partial charge in [0.1, 0.15) is 0 Å². The number of carbonyl (C=O) groups excluding carboxylic acids is 1. The average molecular weight is 310 g/mol. The molecule has 1 aliphatic heterocycles. The molecule has 23 heavy (non-hydrogen) atoms. The largest absolute Gasteiger partial charge is 0.454 e. The SMILES string of the molecule is CC(=O)c1nnn(-c2cc(C)nc3cc4c(cc23)OCO4)c1C. The summed E-state index contributed by atoms with van der Waals surface area (Å²) in [6.07, 6.45) is 0. The maximum absolute atomic E-state index is 11.6. The molecule has 116 valence electrons. The van der Waals surface area contributed by atoms with E-state index in [2.05, 4.69) is 15.3 Å². The van der Waals surface area contributed by atoms with Crippen molar-refractivity contribution in [2.45, 2.75) is 20.8 Å². The van der Waals surface area contributed by atoms with Gasteiger partial charge in [0.2, 0.25) is 6.79 Å². The summed E-state index contributed by atoms with van der Waals surface area (Å²) < 4.78 is 12.5. The Kier molecular flexibility index (Phi) is 2.84. The molecule has 0 amide bonds. The van der Waals surface area contributed by atoms with E-state index in [1.54, 1.807) is 4.68 Å². The summed E-state index contributed by atoms with van der Waals surface area (Å²) in [7, 11) is 0. The van der Waals surface area contributed by atoms with Gasteiger partial charge in [0.05, 0.1) is 16.9 Å². The molecule has 7 heteroatoms. The van der Waals surface area contributed by atoms with Crippen molar-refractivity contribution in [1.29, 1.82) is 0 Å². The summed E-state index contributed by atoms with van der Waals surface area (Å²) in [5.41, 5.74) is 3.49. The van der Waals surface area contributed by atoms with Crippen molar-refractivity contribution in [3.05, 3.63) is 35.3 Å². The fourth-order valence-corrected chi connectivity index (χ4v) is 2.79. The topological polar surface area (TPSA) is 79.1 Å². The van der Waals surface area contributed by atoms with Gasteiger partial charge in [-0.3, -0.25) is 9.78 Å². The number of rotatable bonds is 2. The lowest BCUT2D eigenvalue weighted by Crippen LogP contribution is -2.03. The van der Waals surface area contributed by atoms with Crippen LogP contribution in [0, 0.1) is 13.8 Å². The molecule has 7 nitrogen and oxygen atoms in total. The molecule has 3 aromatic rings. The minimum absolute atomic E-state index is 0.110. The van der Waals surface area contributed by atoms with Crippen molar-refractivity contribution in [2.75, 3.05) is 6.79 Å². The third-order valence-corrected chi connectivity index (χ3v) is 3.87. The zero-order valence-corrected chi connectivity index (χ0v) is 13.0. The lowest BCUT2D eigenvalue weighted by Gasteiger charge is -2.10. The molecule has 0 fully saturated rings. The summed E-state index contributed by atoms with van der Waals surface area (Å²) >= 11 is 0. The fraction of sp³-hybridized carbons (Fsp3) is 0.250. The first-order valence-corrected chi connectivity index (χ1v) is 7.19. The fourth-order valence-electron chi connectivity index (χ4n) is 2.79. The summed E-state index contributed by atoms with van der Waals surface area (Å²) in [5.74, 6) is 1.25. The standard InChI is InChI=1S/C16H14N4O3/c1-8-4-13(20-9(2)16(10(3)21)18-19-20)11-5-14-15(23-7-22-14)6-12(11)17-8/h4-6H,7H2,1-3H3. The van der Waals surface area contributed by atoms with E-state index < -0.39 is 0 Å². The molecular weight excluding hydrogens is 296 g/mol. The monoisotopic (exact) mass is 310 g/mol. The van der Waals surface area contributed by atoms with Crippen molar-refractivity contribution < 1.29 is 14.3 Å². The highest BCUT2D eigenvalue weighted by molar-refractivity contribution is 5.94. The Balaban J connectivity index is 2.01. The van der Waals surface area contributed by atoms with E-state index in [1.165, 1.54) is 6.92 Å². The molecule has 0 aliphatic carbocycles. The molecule has 1 aromatic carbocycles. The number of fused-ring (bicyclic) bond motifs is 2. The van der Waals surface area contributed by atoms with Gasteiger partial charge >= 0.3 is 0 Å². The Morgan fingerprint density at radius 3 is 2.61 bits per heavy atom. The quantitative estimate of drug-likeness (QED) is 0.676. The maximum atomic E-state index is 11.6. The first-order valence-electron chi connectivity index (χ1n) is 7.19. The second kappa shape index (κ2) is 4.77. The molecule has 0 unspecified atom stereocenters. The lowest BCUT2D eigenvalue weighted by atomic mass is 10.1. The average Bonchev–Trinajstić information content (AvgIpc) is 3.10. The van der Waals surface area contributed by atoms with Crippen LogP contribution in [0.3, 0.4) is 0 Å². The van der Waals surface area contributed by atoms with Crippen LogP contribution in [0.4, 0.5) is 0 Å². The van der Waals surface area contributed by atoms with Gasteiger partial charge in [-0.25, -0.2) is 4.68 Å². The van der Waals surface area contributed by atoms with Gasteiger partial charge in [-0.2, -0.15) is 0 Å². The maximum Gasteiger partial charge on any atom is 0.231 e. The Bertz CT molecular complexity index is 962. The van der Waals surface area contributed by atoms with Crippen LogP contribution in [0.15, 0.2) is 18.2 Å². The second-order valence-electron chi connectivity index (χ2n) is 5.50. The number of benzene rings is 1. The zero-order valence-electron chi connectivity index (χ0n) is 13.0. The minimum atomic E-state index is -0.110. The molecular formula is C16H14N4O3. The molecule has 4 rings (SSSR count). The molecule has 2 aromatic heterocycles. The Hall–Kier alpha value is -2.96. The number of aryl methyl sites for hydroxylation is 1. The molecule has 0 saturated heterocycles. The second-order valence-corrected chi connectivity index (χ2v) is 5.50. The molecule has 0 N–H and O–H groups in total. The summed E-state index contributed by atoms with van der Waals surface area (Å²) in [6, 6.07) is 5.65. The molecule has 0 atom stereocenters. The van der Waals surface area contributed by atoms with Gasteiger partial charge in [0.25, 0.3) is 0 Å². The normalized spacial score (nSPS) is 12.8. The van der Waals surface area contributed by atoms with Gasteiger partial charge in [0.15, 0.2) is 23.0 Å². The predicted molar refractivity (Wildman–Crippen MR) is 82.3 cm³/mol. The van der Waals surface area contributed by atoms with Crippen molar-refractivity contribution in [1.82, 2.24) is 20.0 Å². The minimum Gasteiger partial charge on any atom is -0.454 e. The number of ether oxygens (including phenoxy) is 2. The molecule has 0 spiro atoms. The number of carbonyl (C=O) groups is 1. The first-order chi connectivity index (χ1) is 11.0. The number of hydrogen-bond acceptors (Lipinski definition) is 6. The molecule has 3 heterocycles. The van der Waals surface area contributed by atoms with Gasteiger partial charge in [-0.05, 0) is 26.0 Å². The molecule has 0 radical (unpaired) electrons. The Labute approximate surface area is 131 Å². The molecule has 0 saturated carbocycles. The summed E-state index contributed by atoms with van der Waals surface area (Å²) in [6.45, 7) is 5.42. The zero-order chi connectivity index (χ0) is 16.1. The predicted octanol–water partition coefficient (Wildman–Crippen LogP) is 2.36. The smallest absolute Gasteiger partial charge is 0.231 e. The third-order valence-electron chi connectivity index (χ3n) is 3.87. The Morgan fingerprint density at radius 2 is 1.91 bits per heavy atom. The van der Waals surface area contributed by atoms with E-state index >= 15 is 0 Å². The lowest BCUT2D eigenvalue weighted by molar-refractivity contribution is 0.101. The number of aromatic nitrogens is 4. The van der Waals surface area contributed by atoms with Crippen LogP contribution in [0.25, 0.3) is 16.6 Å². The summed E-state index contributed by atoms with van der Waals surface area (Å²) in [4.78, 5) is 16.2. The van der Waals surface area contributed by atoms with Crippen molar-refractivity contribution in [3.63, 3.8) is 0 Å². The first kappa shape index (κ1) is 13.7. The Morgan fingerprint density at radius 1 is 1.17 bits per heavy atom. The van der Waals surface area contributed by atoms with E-state index in [0.29, 0.717) is 22.9 Å². The number of nitrogens with zero attached hydrogens (tertiary/aromatic N) is 4. The van der Waals surface area contributed by atoms with Crippen molar-refractivity contribution in [3.8, 4) is 17.2 Å².